The molecule has 0 spiro atoms. The molecule has 1 aliphatic rings. The van der Waals surface area contributed by atoms with Gasteiger partial charge in [-0.1, -0.05) is 18.9 Å². The molecule has 1 aliphatic carbocycles. The maximum atomic E-state index is 11.8. The van der Waals surface area contributed by atoms with E-state index in [2.05, 4.69) is 10.6 Å². The van der Waals surface area contributed by atoms with Gasteiger partial charge in [-0.25, -0.2) is 4.79 Å². The molecule has 2 rings (SSSR count). The average molecular weight is 293 g/mol. The van der Waals surface area contributed by atoms with Gasteiger partial charge in [0.05, 0.1) is 11.5 Å². The minimum absolute atomic E-state index is 0.0596. The number of rotatable bonds is 5. The normalized spacial score (nSPS) is 16.4. The van der Waals surface area contributed by atoms with Crippen molar-refractivity contribution in [2.75, 3.05) is 18.5 Å². The smallest absolute Gasteiger partial charge is 0.319 e. The first-order valence-electron chi connectivity index (χ1n) is 6.95. The first-order valence-corrected chi connectivity index (χ1v) is 6.95. The first kappa shape index (κ1) is 15.2. The second kappa shape index (κ2) is 6.53. The second-order valence-corrected chi connectivity index (χ2v) is 5.48. The van der Waals surface area contributed by atoms with Crippen LogP contribution >= 0.6 is 0 Å². The second-order valence-electron chi connectivity index (χ2n) is 5.48. The number of hydrogen-bond donors (Lipinski definition) is 3. The molecule has 1 aromatic carbocycles. The molecule has 0 saturated heterocycles. The van der Waals surface area contributed by atoms with Gasteiger partial charge in [0.25, 0.3) is 5.69 Å². The zero-order valence-electron chi connectivity index (χ0n) is 11.7. The van der Waals surface area contributed by atoms with E-state index in [4.69, 9.17) is 0 Å². The van der Waals surface area contributed by atoms with Gasteiger partial charge in [0.2, 0.25) is 0 Å². The van der Waals surface area contributed by atoms with Crippen molar-refractivity contribution < 1.29 is 14.8 Å². The summed E-state index contributed by atoms with van der Waals surface area (Å²) in [4.78, 5) is 22.0. The summed E-state index contributed by atoms with van der Waals surface area (Å²) in [5, 5.41) is 25.4. The molecule has 0 aromatic heterocycles. The van der Waals surface area contributed by atoms with Crippen LogP contribution in [0.2, 0.25) is 0 Å². The Morgan fingerprint density at radius 1 is 1.38 bits per heavy atom. The highest BCUT2D eigenvalue weighted by molar-refractivity contribution is 5.89. The fourth-order valence-corrected chi connectivity index (χ4v) is 2.66. The Balaban J connectivity index is 1.90. The minimum atomic E-state index is -0.512. The van der Waals surface area contributed by atoms with E-state index in [-0.39, 0.29) is 17.7 Å². The van der Waals surface area contributed by atoms with Crippen molar-refractivity contribution in [2.24, 2.45) is 5.41 Å². The number of hydrogen-bond acceptors (Lipinski definition) is 4. The van der Waals surface area contributed by atoms with Crippen LogP contribution in [0.5, 0.6) is 0 Å². The van der Waals surface area contributed by atoms with Crippen LogP contribution in [-0.2, 0) is 0 Å². The number of aliphatic hydroxyl groups is 1. The van der Waals surface area contributed by atoms with Gasteiger partial charge in [0, 0.05) is 29.8 Å². The quantitative estimate of drug-likeness (QED) is 0.572. The molecule has 7 nitrogen and oxygen atoms in total. The predicted molar refractivity (Wildman–Crippen MR) is 78.1 cm³/mol. The van der Waals surface area contributed by atoms with Gasteiger partial charge in [-0.2, -0.15) is 0 Å². The third kappa shape index (κ3) is 3.91. The minimum Gasteiger partial charge on any atom is -0.396 e. The van der Waals surface area contributed by atoms with Gasteiger partial charge in [-0.3, -0.25) is 10.1 Å². The van der Waals surface area contributed by atoms with Crippen molar-refractivity contribution in [1.82, 2.24) is 5.32 Å². The van der Waals surface area contributed by atoms with E-state index in [9.17, 15) is 20.0 Å². The number of nitrogens with one attached hydrogen (secondary N) is 2. The van der Waals surface area contributed by atoms with Crippen LogP contribution in [0.25, 0.3) is 0 Å². The predicted octanol–water partition coefficient (Wildman–Crippen LogP) is 2.27. The number of non-ortho nitro benzene ring substituents is 1. The van der Waals surface area contributed by atoms with E-state index in [1.807, 2.05) is 0 Å². The molecule has 0 bridgehead atoms. The highest BCUT2D eigenvalue weighted by Crippen LogP contribution is 2.36. The molecule has 1 fully saturated rings. The van der Waals surface area contributed by atoms with Crippen molar-refractivity contribution in [2.45, 2.75) is 25.7 Å². The van der Waals surface area contributed by atoms with Crippen molar-refractivity contribution in [3.05, 3.63) is 34.4 Å². The molecule has 0 unspecified atom stereocenters. The van der Waals surface area contributed by atoms with Gasteiger partial charge in [0.1, 0.15) is 0 Å². The molecule has 21 heavy (non-hydrogen) atoms. The summed E-state index contributed by atoms with van der Waals surface area (Å²) in [7, 11) is 0. The number of urea groups is 1. The van der Waals surface area contributed by atoms with Crippen molar-refractivity contribution >= 4 is 17.4 Å². The summed E-state index contributed by atoms with van der Waals surface area (Å²) in [5.74, 6) is 0. The van der Waals surface area contributed by atoms with Crippen LogP contribution in [0, 0.1) is 15.5 Å². The Labute approximate surface area is 122 Å². The van der Waals surface area contributed by atoms with Crippen LogP contribution in [0.1, 0.15) is 25.7 Å². The van der Waals surface area contributed by atoms with Crippen LogP contribution in [-0.4, -0.2) is 29.2 Å². The zero-order valence-corrected chi connectivity index (χ0v) is 11.7. The fraction of sp³-hybridized carbons (Fsp3) is 0.500. The molecule has 7 heteroatoms. The SMILES string of the molecule is O=C(NCC1(CO)CCCC1)Nc1cccc([N+](=O)[O-])c1. The lowest BCUT2D eigenvalue weighted by molar-refractivity contribution is -0.384. The number of amides is 2. The number of carbonyl (C=O) groups excluding carboxylic acids is 1. The molecule has 0 aliphatic heterocycles. The Kier molecular flexibility index (Phi) is 4.74. The highest BCUT2D eigenvalue weighted by atomic mass is 16.6. The van der Waals surface area contributed by atoms with Crippen LogP contribution in [0.3, 0.4) is 0 Å². The standard InChI is InChI=1S/C14H19N3O4/c18-10-14(6-1-2-7-14)9-15-13(19)16-11-4-3-5-12(8-11)17(20)21/h3-5,8,18H,1-2,6-7,9-10H2,(H2,15,16,19). The van der Waals surface area contributed by atoms with Gasteiger partial charge in [-0.15, -0.1) is 0 Å². The number of anilines is 1. The van der Waals surface area contributed by atoms with E-state index < -0.39 is 11.0 Å². The molecule has 2 amide bonds. The summed E-state index contributed by atoms with van der Waals surface area (Å²) in [6.45, 7) is 0.467. The molecule has 1 saturated carbocycles. The monoisotopic (exact) mass is 293 g/mol. The Morgan fingerprint density at radius 2 is 2.10 bits per heavy atom. The Bertz CT molecular complexity index is 527. The Morgan fingerprint density at radius 3 is 2.71 bits per heavy atom. The lowest BCUT2D eigenvalue weighted by Crippen LogP contribution is -2.40. The summed E-state index contributed by atoms with van der Waals surface area (Å²) >= 11 is 0. The summed E-state index contributed by atoms with van der Waals surface area (Å²) < 4.78 is 0. The fourth-order valence-electron chi connectivity index (χ4n) is 2.66. The number of nitro benzene ring substituents is 1. The lowest BCUT2D eigenvalue weighted by Gasteiger charge is -2.26. The third-order valence-electron chi connectivity index (χ3n) is 3.94. The number of carbonyl (C=O) groups is 1. The zero-order chi connectivity index (χ0) is 15.3. The molecular weight excluding hydrogens is 274 g/mol. The number of aliphatic hydroxyl groups excluding tert-OH is 1. The van der Waals surface area contributed by atoms with Crippen molar-refractivity contribution in [1.29, 1.82) is 0 Å². The van der Waals surface area contributed by atoms with E-state index in [0.717, 1.165) is 25.7 Å². The number of nitro groups is 1. The summed E-state index contributed by atoms with van der Waals surface area (Å²) in [6.07, 6.45) is 3.94. The van der Waals surface area contributed by atoms with Gasteiger partial charge >= 0.3 is 6.03 Å². The largest absolute Gasteiger partial charge is 0.396 e. The average Bonchev–Trinajstić information content (AvgIpc) is 2.95. The Hall–Kier alpha value is -2.15. The van der Waals surface area contributed by atoms with E-state index >= 15 is 0 Å². The lowest BCUT2D eigenvalue weighted by atomic mass is 9.87. The maximum Gasteiger partial charge on any atom is 0.319 e. The van der Waals surface area contributed by atoms with Crippen molar-refractivity contribution in [3.63, 3.8) is 0 Å². The highest BCUT2D eigenvalue weighted by Gasteiger charge is 2.33. The summed E-state index contributed by atoms with van der Waals surface area (Å²) in [6, 6.07) is 5.35. The molecular formula is C14H19N3O4. The molecule has 114 valence electrons. The summed E-state index contributed by atoms with van der Waals surface area (Å²) in [5.41, 5.74) is 0.0709. The molecule has 0 atom stereocenters. The first-order chi connectivity index (χ1) is 10.0. The maximum absolute atomic E-state index is 11.8. The van der Waals surface area contributed by atoms with Gasteiger partial charge in [-0.05, 0) is 18.9 Å². The van der Waals surface area contributed by atoms with Gasteiger partial charge in [0.15, 0.2) is 0 Å². The molecule has 1 aromatic rings. The molecule has 3 N–H and O–H groups in total. The van der Waals surface area contributed by atoms with Crippen molar-refractivity contribution in [3.8, 4) is 0 Å². The number of nitrogens with zero attached hydrogens (tertiary/aromatic N) is 1. The van der Waals surface area contributed by atoms with E-state index in [0.29, 0.717) is 12.2 Å². The number of benzene rings is 1. The van der Waals surface area contributed by atoms with E-state index in [1.54, 1.807) is 6.07 Å². The molecule has 0 radical (unpaired) electrons. The van der Waals surface area contributed by atoms with E-state index in [1.165, 1.54) is 18.2 Å². The molecule has 0 heterocycles. The van der Waals surface area contributed by atoms with Crippen LogP contribution in [0.15, 0.2) is 24.3 Å². The van der Waals surface area contributed by atoms with Crippen LogP contribution in [0.4, 0.5) is 16.2 Å². The topological polar surface area (TPSA) is 104 Å². The van der Waals surface area contributed by atoms with Crippen LogP contribution < -0.4 is 10.6 Å². The van der Waals surface area contributed by atoms with Gasteiger partial charge < -0.3 is 15.7 Å². The third-order valence-corrected chi connectivity index (χ3v) is 3.94.